The molecule has 188 valence electrons. The van der Waals surface area contributed by atoms with Crippen LogP contribution in [0.3, 0.4) is 0 Å². The van der Waals surface area contributed by atoms with E-state index >= 15 is 0 Å². The highest BCUT2D eigenvalue weighted by Crippen LogP contribution is 2.14. The molecule has 0 aliphatic heterocycles. The first-order valence-corrected chi connectivity index (χ1v) is 12.0. The number of nitrogens with zero attached hydrogens (tertiary/aromatic N) is 6. The van der Waals surface area contributed by atoms with E-state index in [-0.39, 0.29) is 0 Å². The third kappa shape index (κ3) is 9.41. The van der Waals surface area contributed by atoms with Gasteiger partial charge in [-0.15, -0.1) is 10.2 Å². The van der Waals surface area contributed by atoms with Crippen molar-refractivity contribution < 1.29 is 0 Å². The van der Waals surface area contributed by atoms with E-state index in [2.05, 4.69) is 87.4 Å². The molecule has 0 spiro atoms. The Bertz CT molecular complexity index is 1340. The predicted molar refractivity (Wildman–Crippen MR) is 154 cm³/mol. The molecule has 2 N–H and O–H groups in total. The summed E-state index contributed by atoms with van der Waals surface area (Å²) in [6, 6.07) is 20.1. The van der Waals surface area contributed by atoms with Crippen LogP contribution in [0.4, 0.5) is 5.69 Å². The molecule has 2 aromatic heterocycles. The lowest BCUT2D eigenvalue weighted by molar-refractivity contribution is 1.05. The Kier molecular flexibility index (Phi) is 10.6. The summed E-state index contributed by atoms with van der Waals surface area (Å²) in [6.07, 6.45) is 19.9. The Balaban J connectivity index is 0.000000154. The number of benzene rings is 2. The SMILES string of the molecule is CC1=CC=C(n2cccc2)C=CC1.Cc1ccc(-n2cnnc2)cc1.Cc1ccc(N=CN=CN)cc1. The van der Waals surface area contributed by atoms with E-state index in [9.17, 15) is 0 Å². The molecule has 0 saturated heterocycles. The van der Waals surface area contributed by atoms with E-state index in [1.54, 1.807) is 12.7 Å². The Morgan fingerprint density at radius 3 is 2.05 bits per heavy atom. The molecule has 2 heterocycles. The number of hydrogen-bond donors (Lipinski definition) is 1. The highest BCUT2D eigenvalue weighted by Gasteiger charge is 1.96. The molecule has 1 aliphatic rings. The van der Waals surface area contributed by atoms with Crippen molar-refractivity contribution in [2.45, 2.75) is 27.2 Å². The largest absolute Gasteiger partial charge is 0.390 e. The zero-order valence-electron chi connectivity index (χ0n) is 21.5. The van der Waals surface area contributed by atoms with E-state index < -0.39 is 0 Å². The van der Waals surface area contributed by atoms with E-state index in [0.29, 0.717) is 0 Å². The van der Waals surface area contributed by atoms with Crippen LogP contribution in [0.15, 0.2) is 126 Å². The van der Waals surface area contributed by atoms with Crippen molar-refractivity contribution in [1.29, 1.82) is 0 Å². The monoisotopic (exact) mass is 491 g/mol. The van der Waals surface area contributed by atoms with Crippen LogP contribution in [0.25, 0.3) is 11.4 Å². The van der Waals surface area contributed by atoms with Gasteiger partial charge in [-0.1, -0.05) is 53.1 Å². The summed E-state index contributed by atoms with van der Waals surface area (Å²) in [5.74, 6) is 0. The van der Waals surface area contributed by atoms with Gasteiger partial charge >= 0.3 is 0 Å². The molecule has 7 nitrogen and oxygen atoms in total. The second-order valence-corrected chi connectivity index (χ2v) is 8.38. The Morgan fingerprint density at radius 1 is 0.811 bits per heavy atom. The maximum absolute atomic E-state index is 5.03. The Hall–Kier alpha value is -4.78. The molecule has 0 radical (unpaired) electrons. The topological polar surface area (TPSA) is 86.4 Å². The molecular weight excluding hydrogens is 458 g/mol. The minimum atomic E-state index is 0.881. The zero-order valence-corrected chi connectivity index (χ0v) is 21.5. The van der Waals surface area contributed by atoms with Gasteiger partial charge in [0.2, 0.25) is 0 Å². The molecule has 37 heavy (non-hydrogen) atoms. The summed E-state index contributed by atoms with van der Waals surface area (Å²) in [5.41, 5.74) is 12.1. The van der Waals surface area contributed by atoms with Gasteiger partial charge in [-0.25, -0.2) is 9.98 Å². The second kappa shape index (κ2) is 14.6. The van der Waals surface area contributed by atoms with Crippen molar-refractivity contribution in [2.24, 2.45) is 15.7 Å². The van der Waals surface area contributed by atoms with Gasteiger partial charge in [-0.3, -0.25) is 4.57 Å². The molecule has 0 unspecified atom stereocenters. The second-order valence-electron chi connectivity index (χ2n) is 8.38. The van der Waals surface area contributed by atoms with Gasteiger partial charge in [0.1, 0.15) is 19.0 Å². The molecule has 7 heteroatoms. The summed E-state index contributed by atoms with van der Waals surface area (Å²) in [4.78, 5) is 7.68. The number of aliphatic imine (C=N–C) groups is 2. The third-order valence-corrected chi connectivity index (χ3v) is 5.31. The fraction of sp³-hybridized carbons (Fsp3) is 0.133. The standard InChI is InChI=1S/C12H13N.C9H9N3.C9H11N3/c1-11-5-4-6-12(8-7-11)13-9-2-3-10-13;1-8-2-4-9(5-3-8)12-6-10-11-7-12;1-8-2-4-9(5-3-8)12-7-11-6-10/h2-4,6-10H,5H2,1H3;2-7H,1H3;2-7H,1H3,(H2,10,11,12). The predicted octanol–water partition coefficient (Wildman–Crippen LogP) is 6.45. The van der Waals surface area contributed by atoms with Crippen LogP contribution in [0.2, 0.25) is 0 Å². The van der Waals surface area contributed by atoms with Crippen LogP contribution in [0.1, 0.15) is 24.5 Å². The molecule has 0 bridgehead atoms. The first kappa shape index (κ1) is 26.8. The molecule has 2 aromatic carbocycles. The number of rotatable bonds is 4. The smallest absolute Gasteiger partial charge is 0.123 e. The molecule has 0 atom stereocenters. The van der Waals surface area contributed by atoms with E-state index in [0.717, 1.165) is 17.8 Å². The maximum Gasteiger partial charge on any atom is 0.123 e. The van der Waals surface area contributed by atoms with Gasteiger partial charge in [-0.2, -0.15) is 0 Å². The minimum Gasteiger partial charge on any atom is -0.390 e. The van der Waals surface area contributed by atoms with Crippen molar-refractivity contribution in [3.05, 3.63) is 127 Å². The van der Waals surface area contributed by atoms with Crippen molar-refractivity contribution in [3.8, 4) is 5.69 Å². The summed E-state index contributed by atoms with van der Waals surface area (Å²) >= 11 is 0. The first-order valence-electron chi connectivity index (χ1n) is 12.0. The Morgan fingerprint density at radius 2 is 1.43 bits per heavy atom. The van der Waals surface area contributed by atoms with Crippen LogP contribution >= 0.6 is 0 Å². The van der Waals surface area contributed by atoms with Crippen molar-refractivity contribution in [3.63, 3.8) is 0 Å². The number of hydrogen-bond acceptors (Lipinski definition) is 3. The van der Waals surface area contributed by atoms with Crippen LogP contribution in [-0.2, 0) is 0 Å². The zero-order chi connectivity index (χ0) is 26.3. The van der Waals surface area contributed by atoms with Crippen molar-refractivity contribution >= 4 is 24.1 Å². The summed E-state index contributed by atoms with van der Waals surface area (Å²) in [7, 11) is 0. The van der Waals surface area contributed by atoms with Gasteiger partial charge < -0.3 is 10.3 Å². The molecule has 5 rings (SSSR count). The first-order chi connectivity index (χ1) is 18.0. The van der Waals surface area contributed by atoms with Gasteiger partial charge in [0.15, 0.2) is 0 Å². The van der Waals surface area contributed by atoms with Crippen LogP contribution < -0.4 is 5.73 Å². The van der Waals surface area contributed by atoms with Crippen molar-refractivity contribution in [2.75, 3.05) is 0 Å². The summed E-state index contributed by atoms with van der Waals surface area (Å²) in [6.45, 7) is 6.25. The average Bonchev–Trinajstić information content (AvgIpc) is 3.61. The molecule has 0 amide bonds. The highest BCUT2D eigenvalue weighted by atomic mass is 15.2. The number of aryl methyl sites for hydroxylation is 2. The minimum absolute atomic E-state index is 0.881. The number of nitrogens with two attached hydrogens (primary N) is 1. The molecule has 0 saturated carbocycles. The fourth-order valence-electron chi connectivity index (χ4n) is 3.22. The lowest BCUT2D eigenvalue weighted by Crippen LogP contribution is -1.88. The van der Waals surface area contributed by atoms with Crippen LogP contribution in [0.5, 0.6) is 0 Å². The maximum atomic E-state index is 5.03. The average molecular weight is 492 g/mol. The Labute approximate surface area is 218 Å². The third-order valence-electron chi connectivity index (χ3n) is 5.31. The quantitative estimate of drug-likeness (QED) is 0.263. The highest BCUT2D eigenvalue weighted by molar-refractivity contribution is 5.72. The van der Waals surface area contributed by atoms with Gasteiger partial charge in [0.05, 0.1) is 12.0 Å². The lowest BCUT2D eigenvalue weighted by atomic mass is 10.2. The van der Waals surface area contributed by atoms with Gasteiger partial charge in [0.25, 0.3) is 0 Å². The van der Waals surface area contributed by atoms with E-state index in [4.69, 9.17) is 5.73 Å². The summed E-state index contributed by atoms with van der Waals surface area (Å²) in [5, 5.41) is 7.47. The number of aromatic nitrogens is 4. The van der Waals surface area contributed by atoms with Crippen LogP contribution in [0, 0.1) is 13.8 Å². The van der Waals surface area contributed by atoms with E-state index in [1.807, 2.05) is 60.0 Å². The van der Waals surface area contributed by atoms with E-state index in [1.165, 1.54) is 35.1 Å². The normalized spacial score (nSPS) is 12.7. The van der Waals surface area contributed by atoms with Crippen molar-refractivity contribution in [1.82, 2.24) is 19.3 Å². The lowest BCUT2D eigenvalue weighted by Gasteiger charge is -2.00. The summed E-state index contributed by atoms with van der Waals surface area (Å²) < 4.78 is 3.99. The molecule has 4 aromatic rings. The van der Waals surface area contributed by atoms with Gasteiger partial charge in [-0.05, 0) is 75.7 Å². The molecule has 1 aliphatic carbocycles. The molecule has 0 fully saturated rings. The molecular formula is C30H33N7. The number of allylic oxidation sites excluding steroid dienone is 6. The van der Waals surface area contributed by atoms with Crippen LogP contribution in [-0.4, -0.2) is 32.0 Å². The fourth-order valence-corrected chi connectivity index (χ4v) is 3.22. The van der Waals surface area contributed by atoms with Gasteiger partial charge in [0, 0.05) is 23.8 Å².